The van der Waals surface area contributed by atoms with Crippen molar-refractivity contribution >= 4 is 0 Å². The molecule has 2 rings (SSSR count). The second-order valence-electron chi connectivity index (χ2n) is 1.97. The predicted octanol–water partition coefficient (Wildman–Crippen LogP) is 0.430. The fourth-order valence-corrected chi connectivity index (χ4v) is 0.839. The Hall–Kier alpha value is -1.45. The van der Waals surface area contributed by atoms with Crippen LogP contribution in [-0.2, 0) is 4.74 Å². The second-order valence-corrected chi connectivity index (χ2v) is 1.97. The molecule has 1 aliphatic heterocycles. The number of nitrogens with zero attached hydrogens (tertiary/aromatic N) is 2. The van der Waals surface area contributed by atoms with Crippen LogP contribution in [0.5, 0.6) is 0 Å². The highest BCUT2D eigenvalue weighted by Crippen LogP contribution is 2.08. The van der Waals surface area contributed by atoms with Gasteiger partial charge < -0.3 is 10.1 Å². The smallest absolute Gasteiger partial charge is 0.254 e. The molecule has 0 saturated carbocycles. The molecule has 0 fully saturated rings. The summed E-state index contributed by atoms with van der Waals surface area (Å²) in [5.74, 6) is 0. The Labute approximate surface area is 58.1 Å². The Balaban J connectivity index is 2.14. The van der Waals surface area contributed by atoms with E-state index < -0.39 is 0 Å². The Kier molecular flexibility index (Phi) is 1.10. The number of hydrogen-bond donors (Lipinski definition) is 1. The summed E-state index contributed by atoms with van der Waals surface area (Å²) in [6.07, 6.45) is 8.51. The van der Waals surface area contributed by atoms with Crippen LogP contribution in [0.3, 0.4) is 0 Å². The van der Waals surface area contributed by atoms with Crippen LogP contribution in [0.4, 0.5) is 0 Å². The summed E-state index contributed by atoms with van der Waals surface area (Å²) >= 11 is 0. The highest BCUT2D eigenvalue weighted by molar-refractivity contribution is 4.84. The number of ether oxygens (including phenoxy) is 1. The number of aromatic nitrogens is 2. The summed E-state index contributed by atoms with van der Waals surface area (Å²) in [5, 5.41) is 2.98. The zero-order valence-corrected chi connectivity index (χ0v) is 5.27. The molecule has 1 aromatic heterocycles. The second kappa shape index (κ2) is 2.06. The van der Waals surface area contributed by atoms with Gasteiger partial charge >= 0.3 is 0 Å². The molecule has 1 aromatic rings. The van der Waals surface area contributed by atoms with E-state index in [9.17, 15) is 0 Å². The van der Waals surface area contributed by atoms with Gasteiger partial charge in [0.2, 0.25) is 0 Å². The van der Waals surface area contributed by atoms with Gasteiger partial charge in [-0.3, -0.25) is 4.57 Å². The molecule has 0 aromatic carbocycles. The van der Waals surface area contributed by atoms with Gasteiger partial charge in [0.1, 0.15) is 6.26 Å². The van der Waals surface area contributed by atoms with Gasteiger partial charge in [0.15, 0.2) is 0 Å². The van der Waals surface area contributed by atoms with Crippen molar-refractivity contribution in [3.63, 3.8) is 0 Å². The maximum Gasteiger partial charge on any atom is 0.254 e. The minimum atomic E-state index is -0.109. The Morgan fingerprint density at radius 3 is 3.20 bits per heavy atom. The third-order valence-corrected chi connectivity index (χ3v) is 1.31. The lowest BCUT2D eigenvalue weighted by atomic mass is 10.8. The molecule has 0 aliphatic carbocycles. The molecule has 4 heteroatoms. The van der Waals surface area contributed by atoms with E-state index >= 15 is 0 Å². The molecule has 1 N–H and O–H groups in total. The van der Waals surface area contributed by atoms with E-state index in [1.807, 2.05) is 10.8 Å². The average Bonchev–Trinajstić information content (AvgIpc) is 2.59. The van der Waals surface area contributed by atoms with Gasteiger partial charge in [-0.25, -0.2) is 4.98 Å². The molecule has 1 unspecified atom stereocenters. The van der Waals surface area contributed by atoms with Crippen molar-refractivity contribution in [2.45, 2.75) is 6.35 Å². The predicted molar refractivity (Wildman–Crippen MR) is 34.6 cm³/mol. The highest BCUT2D eigenvalue weighted by atomic mass is 16.5. The molecule has 0 saturated heterocycles. The molecule has 0 radical (unpaired) electrons. The van der Waals surface area contributed by atoms with Crippen molar-refractivity contribution in [2.75, 3.05) is 0 Å². The Morgan fingerprint density at radius 2 is 2.60 bits per heavy atom. The van der Waals surface area contributed by atoms with Crippen LogP contribution in [0.1, 0.15) is 6.35 Å². The monoisotopic (exact) mass is 137 g/mol. The zero-order valence-electron chi connectivity index (χ0n) is 5.27. The fraction of sp³-hybridized carbons (Fsp3) is 0.167. The minimum Gasteiger partial charge on any atom is -0.458 e. The first-order valence-corrected chi connectivity index (χ1v) is 3.01. The van der Waals surface area contributed by atoms with E-state index in [0.717, 1.165) is 0 Å². The molecule has 0 bridgehead atoms. The van der Waals surface area contributed by atoms with Crippen LogP contribution in [0.2, 0.25) is 0 Å². The summed E-state index contributed by atoms with van der Waals surface area (Å²) in [5.41, 5.74) is 0. The third kappa shape index (κ3) is 0.737. The topological polar surface area (TPSA) is 39.1 Å². The number of hydrogen-bond acceptors (Lipinski definition) is 3. The van der Waals surface area contributed by atoms with Crippen molar-refractivity contribution in [1.82, 2.24) is 14.9 Å². The van der Waals surface area contributed by atoms with Gasteiger partial charge in [-0.2, -0.15) is 0 Å². The molecule has 1 aliphatic rings. The van der Waals surface area contributed by atoms with Crippen LogP contribution in [0.15, 0.2) is 31.2 Å². The number of imidazole rings is 1. The lowest BCUT2D eigenvalue weighted by Crippen LogP contribution is -2.17. The van der Waals surface area contributed by atoms with Gasteiger partial charge in [-0.1, -0.05) is 0 Å². The summed E-state index contributed by atoms with van der Waals surface area (Å²) < 4.78 is 6.96. The molecule has 52 valence electrons. The van der Waals surface area contributed by atoms with Crippen LogP contribution in [-0.4, -0.2) is 9.55 Å². The number of nitrogens with one attached hydrogen (secondary N) is 1. The molecule has 10 heavy (non-hydrogen) atoms. The summed E-state index contributed by atoms with van der Waals surface area (Å²) in [7, 11) is 0. The summed E-state index contributed by atoms with van der Waals surface area (Å²) in [6, 6.07) is 0. The molecular formula is C6H7N3O. The fourth-order valence-electron chi connectivity index (χ4n) is 0.839. The standard InChI is InChI=1S/C6H7N3O/c1-3-9(5-7-1)6-8-2-4-10-6/h1-6,8H. The molecule has 0 spiro atoms. The largest absolute Gasteiger partial charge is 0.458 e. The van der Waals surface area contributed by atoms with E-state index in [1.54, 1.807) is 25.0 Å². The van der Waals surface area contributed by atoms with E-state index in [0.29, 0.717) is 0 Å². The average molecular weight is 137 g/mol. The summed E-state index contributed by atoms with van der Waals surface area (Å²) in [4.78, 5) is 3.88. The van der Waals surface area contributed by atoms with Crippen LogP contribution in [0.25, 0.3) is 0 Å². The number of rotatable bonds is 1. The van der Waals surface area contributed by atoms with E-state index in [1.165, 1.54) is 0 Å². The van der Waals surface area contributed by atoms with Gasteiger partial charge in [0.05, 0.1) is 6.33 Å². The maximum atomic E-state index is 5.13. The SMILES string of the molecule is C1=COC(n2ccnc2)N1. The van der Waals surface area contributed by atoms with Crippen molar-refractivity contribution in [3.05, 3.63) is 31.2 Å². The molecule has 1 atom stereocenters. The Morgan fingerprint density at radius 1 is 1.60 bits per heavy atom. The molecule has 2 heterocycles. The van der Waals surface area contributed by atoms with Crippen LogP contribution >= 0.6 is 0 Å². The lowest BCUT2D eigenvalue weighted by Gasteiger charge is -2.10. The van der Waals surface area contributed by atoms with Crippen LogP contribution in [0, 0.1) is 0 Å². The van der Waals surface area contributed by atoms with Gasteiger partial charge in [-0.15, -0.1) is 0 Å². The van der Waals surface area contributed by atoms with Crippen molar-refractivity contribution in [2.24, 2.45) is 0 Å². The maximum absolute atomic E-state index is 5.13. The highest BCUT2D eigenvalue weighted by Gasteiger charge is 2.09. The minimum absolute atomic E-state index is 0.109. The van der Waals surface area contributed by atoms with E-state index in [2.05, 4.69) is 10.3 Å². The lowest BCUT2D eigenvalue weighted by molar-refractivity contribution is 0.0856. The van der Waals surface area contributed by atoms with Crippen molar-refractivity contribution < 1.29 is 4.74 Å². The van der Waals surface area contributed by atoms with Crippen molar-refractivity contribution in [3.8, 4) is 0 Å². The molecular weight excluding hydrogens is 130 g/mol. The normalized spacial score (nSPS) is 22.2. The first-order chi connectivity index (χ1) is 4.97. The van der Waals surface area contributed by atoms with Gasteiger partial charge in [0, 0.05) is 18.6 Å². The van der Waals surface area contributed by atoms with Crippen LogP contribution < -0.4 is 5.32 Å². The molecule has 0 amide bonds. The van der Waals surface area contributed by atoms with E-state index in [4.69, 9.17) is 4.74 Å². The van der Waals surface area contributed by atoms with Gasteiger partial charge in [-0.05, 0) is 0 Å². The van der Waals surface area contributed by atoms with Gasteiger partial charge in [0.25, 0.3) is 6.35 Å². The first kappa shape index (κ1) is 5.34. The van der Waals surface area contributed by atoms with Crippen molar-refractivity contribution in [1.29, 1.82) is 0 Å². The third-order valence-electron chi connectivity index (χ3n) is 1.31. The first-order valence-electron chi connectivity index (χ1n) is 3.01. The zero-order chi connectivity index (χ0) is 6.81. The summed E-state index contributed by atoms with van der Waals surface area (Å²) in [6.45, 7) is 0. The van der Waals surface area contributed by atoms with E-state index in [-0.39, 0.29) is 6.35 Å². The quantitative estimate of drug-likeness (QED) is 0.610. The Bertz CT molecular complexity index is 221. The molecule has 4 nitrogen and oxygen atoms in total.